The molecule has 1 aromatic carbocycles. The molecule has 1 aromatic heterocycles. The smallest absolute Gasteiger partial charge is 0.118 e. The second-order valence-electron chi connectivity index (χ2n) is 3.58. The number of ether oxygens (including phenoxy) is 1. The first-order chi connectivity index (χ1) is 7.76. The van der Waals surface area contributed by atoms with Crippen LogP contribution in [0.2, 0.25) is 0 Å². The van der Waals surface area contributed by atoms with E-state index in [4.69, 9.17) is 10.5 Å². The SMILES string of the molecule is COc1ccc(-c2ncn(C)c2CN)cc1. The zero-order chi connectivity index (χ0) is 11.5. The zero-order valence-corrected chi connectivity index (χ0v) is 9.47. The predicted octanol–water partition coefficient (Wildman–Crippen LogP) is 1.55. The molecular formula is C12H15N3O. The number of benzene rings is 1. The van der Waals surface area contributed by atoms with Crippen molar-refractivity contribution in [3.05, 3.63) is 36.3 Å². The van der Waals surface area contributed by atoms with Gasteiger partial charge in [-0.3, -0.25) is 0 Å². The van der Waals surface area contributed by atoms with Crippen LogP contribution < -0.4 is 10.5 Å². The highest BCUT2D eigenvalue weighted by atomic mass is 16.5. The van der Waals surface area contributed by atoms with Crippen molar-refractivity contribution in [2.75, 3.05) is 7.11 Å². The molecule has 0 saturated carbocycles. The summed E-state index contributed by atoms with van der Waals surface area (Å²) in [7, 11) is 3.60. The summed E-state index contributed by atoms with van der Waals surface area (Å²) in [4.78, 5) is 4.35. The molecule has 0 bridgehead atoms. The normalized spacial score (nSPS) is 10.4. The minimum atomic E-state index is 0.484. The van der Waals surface area contributed by atoms with E-state index in [0.29, 0.717) is 6.54 Å². The van der Waals surface area contributed by atoms with Crippen LogP contribution in [0.5, 0.6) is 5.75 Å². The van der Waals surface area contributed by atoms with Crippen molar-refractivity contribution in [1.29, 1.82) is 0 Å². The monoisotopic (exact) mass is 217 g/mol. The number of nitrogens with two attached hydrogens (primary N) is 1. The molecule has 0 aliphatic rings. The van der Waals surface area contributed by atoms with Gasteiger partial charge in [-0.2, -0.15) is 0 Å². The largest absolute Gasteiger partial charge is 0.497 e. The van der Waals surface area contributed by atoms with Gasteiger partial charge in [0.25, 0.3) is 0 Å². The lowest BCUT2D eigenvalue weighted by Crippen LogP contribution is -2.04. The van der Waals surface area contributed by atoms with E-state index < -0.39 is 0 Å². The zero-order valence-electron chi connectivity index (χ0n) is 9.47. The molecule has 0 amide bonds. The van der Waals surface area contributed by atoms with Crippen LogP contribution in [-0.2, 0) is 13.6 Å². The molecule has 0 radical (unpaired) electrons. The molecule has 0 saturated heterocycles. The summed E-state index contributed by atoms with van der Waals surface area (Å²) in [5.41, 5.74) is 8.73. The molecule has 84 valence electrons. The molecule has 0 aliphatic carbocycles. The summed E-state index contributed by atoms with van der Waals surface area (Å²) < 4.78 is 7.06. The van der Waals surface area contributed by atoms with Gasteiger partial charge in [-0.1, -0.05) is 0 Å². The third kappa shape index (κ3) is 1.79. The van der Waals surface area contributed by atoms with Crippen molar-refractivity contribution >= 4 is 0 Å². The van der Waals surface area contributed by atoms with Crippen LogP contribution in [0.25, 0.3) is 11.3 Å². The number of methoxy groups -OCH3 is 1. The highest BCUT2D eigenvalue weighted by Gasteiger charge is 2.09. The van der Waals surface area contributed by atoms with E-state index in [2.05, 4.69) is 4.98 Å². The Morgan fingerprint density at radius 3 is 2.56 bits per heavy atom. The maximum atomic E-state index is 5.70. The van der Waals surface area contributed by atoms with E-state index in [1.807, 2.05) is 35.9 Å². The number of hydrogen-bond acceptors (Lipinski definition) is 3. The molecule has 4 nitrogen and oxygen atoms in total. The van der Waals surface area contributed by atoms with Crippen molar-refractivity contribution in [3.63, 3.8) is 0 Å². The molecule has 0 atom stereocenters. The van der Waals surface area contributed by atoms with Gasteiger partial charge in [0.1, 0.15) is 5.75 Å². The summed E-state index contributed by atoms with van der Waals surface area (Å²) in [6, 6.07) is 7.81. The lowest BCUT2D eigenvalue weighted by atomic mass is 10.1. The van der Waals surface area contributed by atoms with Crippen molar-refractivity contribution in [3.8, 4) is 17.0 Å². The van der Waals surface area contributed by atoms with Crippen LogP contribution in [-0.4, -0.2) is 16.7 Å². The van der Waals surface area contributed by atoms with Gasteiger partial charge in [0.15, 0.2) is 0 Å². The lowest BCUT2D eigenvalue weighted by Gasteiger charge is -2.04. The van der Waals surface area contributed by atoms with E-state index in [0.717, 1.165) is 22.7 Å². The van der Waals surface area contributed by atoms with Crippen molar-refractivity contribution in [2.24, 2.45) is 12.8 Å². The topological polar surface area (TPSA) is 53.1 Å². The van der Waals surface area contributed by atoms with E-state index in [1.165, 1.54) is 0 Å². The molecule has 0 unspecified atom stereocenters. The minimum absolute atomic E-state index is 0.484. The second-order valence-corrected chi connectivity index (χ2v) is 3.58. The Labute approximate surface area is 94.7 Å². The summed E-state index contributed by atoms with van der Waals surface area (Å²) >= 11 is 0. The molecule has 2 N–H and O–H groups in total. The Morgan fingerprint density at radius 2 is 2.00 bits per heavy atom. The summed E-state index contributed by atoms with van der Waals surface area (Å²) in [5.74, 6) is 0.842. The third-order valence-electron chi connectivity index (χ3n) is 2.62. The summed E-state index contributed by atoms with van der Waals surface area (Å²) in [5, 5.41) is 0. The Hall–Kier alpha value is -1.81. The van der Waals surface area contributed by atoms with Gasteiger partial charge in [-0.05, 0) is 24.3 Å². The Morgan fingerprint density at radius 1 is 1.31 bits per heavy atom. The van der Waals surface area contributed by atoms with Crippen LogP contribution in [0, 0.1) is 0 Å². The van der Waals surface area contributed by atoms with Gasteiger partial charge in [0.05, 0.1) is 24.8 Å². The van der Waals surface area contributed by atoms with Crippen molar-refractivity contribution < 1.29 is 4.74 Å². The maximum Gasteiger partial charge on any atom is 0.118 e. The number of aromatic nitrogens is 2. The average Bonchev–Trinajstić information content (AvgIpc) is 2.70. The number of nitrogens with zero attached hydrogens (tertiary/aromatic N) is 2. The second kappa shape index (κ2) is 4.37. The minimum Gasteiger partial charge on any atom is -0.497 e. The van der Waals surface area contributed by atoms with Gasteiger partial charge in [0.2, 0.25) is 0 Å². The highest BCUT2D eigenvalue weighted by Crippen LogP contribution is 2.23. The van der Waals surface area contributed by atoms with Gasteiger partial charge < -0.3 is 15.0 Å². The Bertz CT molecular complexity index is 474. The Kier molecular flexibility index (Phi) is 2.92. The van der Waals surface area contributed by atoms with Crippen LogP contribution in [0.15, 0.2) is 30.6 Å². The first-order valence-electron chi connectivity index (χ1n) is 5.11. The number of imidazole rings is 1. The molecule has 0 aliphatic heterocycles. The molecule has 2 rings (SSSR count). The molecular weight excluding hydrogens is 202 g/mol. The third-order valence-corrected chi connectivity index (χ3v) is 2.62. The molecule has 0 spiro atoms. The number of hydrogen-bond donors (Lipinski definition) is 1. The van der Waals surface area contributed by atoms with Gasteiger partial charge in [-0.15, -0.1) is 0 Å². The molecule has 4 heteroatoms. The fraction of sp³-hybridized carbons (Fsp3) is 0.250. The van der Waals surface area contributed by atoms with Gasteiger partial charge in [-0.25, -0.2) is 4.98 Å². The first kappa shape index (κ1) is 10.7. The molecule has 16 heavy (non-hydrogen) atoms. The first-order valence-corrected chi connectivity index (χ1v) is 5.11. The van der Waals surface area contributed by atoms with Crippen LogP contribution in [0.4, 0.5) is 0 Å². The summed E-state index contributed by atoms with van der Waals surface area (Å²) in [6.07, 6.45) is 1.78. The Balaban J connectivity index is 2.42. The summed E-state index contributed by atoms with van der Waals surface area (Å²) in [6.45, 7) is 0.484. The fourth-order valence-corrected chi connectivity index (χ4v) is 1.69. The average molecular weight is 217 g/mol. The maximum absolute atomic E-state index is 5.70. The van der Waals surface area contributed by atoms with E-state index in [-0.39, 0.29) is 0 Å². The quantitative estimate of drug-likeness (QED) is 0.848. The molecule has 2 aromatic rings. The van der Waals surface area contributed by atoms with Crippen molar-refractivity contribution in [1.82, 2.24) is 9.55 Å². The number of aryl methyl sites for hydroxylation is 1. The van der Waals surface area contributed by atoms with Gasteiger partial charge in [0, 0.05) is 19.2 Å². The van der Waals surface area contributed by atoms with Crippen LogP contribution in [0.1, 0.15) is 5.69 Å². The predicted molar refractivity (Wildman–Crippen MR) is 63.1 cm³/mol. The van der Waals surface area contributed by atoms with E-state index >= 15 is 0 Å². The highest BCUT2D eigenvalue weighted by molar-refractivity contribution is 5.62. The van der Waals surface area contributed by atoms with Crippen LogP contribution >= 0.6 is 0 Å². The van der Waals surface area contributed by atoms with Gasteiger partial charge >= 0.3 is 0 Å². The van der Waals surface area contributed by atoms with Crippen LogP contribution in [0.3, 0.4) is 0 Å². The number of rotatable bonds is 3. The fourth-order valence-electron chi connectivity index (χ4n) is 1.69. The standard InChI is InChI=1S/C12H15N3O/c1-15-8-14-12(11(15)7-13)9-3-5-10(16-2)6-4-9/h3-6,8H,7,13H2,1-2H3. The van der Waals surface area contributed by atoms with Crippen molar-refractivity contribution in [2.45, 2.75) is 6.54 Å². The van der Waals surface area contributed by atoms with E-state index in [1.54, 1.807) is 13.4 Å². The van der Waals surface area contributed by atoms with E-state index in [9.17, 15) is 0 Å². The lowest BCUT2D eigenvalue weighted by molar-refractivity contribution is 0.415. The molecule has 0 fully saturated rings. The molecule has 1 heterocycles.